The van der Waals surface area contributed by atoms with Gasteiger partial charge >= 0.3 is 0 Å². The summed E-state index contributed by atoms with van der Waals surface area (Å²) in [5.74, 6) is -2.36. The van der Waals surface area contributed by atoms with E-state index < -0.39 is 60.3 Å². The van der Waals surface area contributed by atoms with Gasteiger partial charge in [-0.1, -0.05) is 23.7 Å². The summed E-state index contributed by atoms with van der Waals surface area (Å²) in [6.07, 6.45) is -3.35. The van der Waals surface area contributed by atoms with Gasteiger partial charge in [0.25, 0.3) is 11.8 Å². The molecule has 3 aliphatic rings. The van der Waals surface area contributed by atoms with E-state index in [-0.39, 0.29) is 71.5 Å². The minimum Gasteiger partial charge on any atom is -0.484 e. The number of benzene rings is 2. The van der Waals surface area contributed by atoms with E-state index in [0.717, 1.165) is 4.90 Å². The van der Waals surface area contributed by atoms with Gasteiger partial charge in [0.15, 0.2) is 12.0 Å². The zero-order valence-electron chi connectivity index (χ0n) is 27.8. The standard InChI is InChI=1S/C35H34ClN7O10/c36-20-7-6-16(26(46)29-27(47)28(48)35(53-29)42-12-10-19-30(37)39-15-40-31(19)42)13-23(20)52-14-17(44)3-2-11-38-21-5-1-4-18-25(21)34(51)43(33(18)50)22-8-9-24(45)41-32(22)49/h1,4-7,10,12-13,15,22,26-29,35,38,46-48H,2-3,8-9,11,14H2,(H2,37,39,40)(H,41,45,49)/t22?,26-,27+,28-,29-,35-/m1/s1. The minimum absolute atomic E-state index is 0.0120. The number of hydrogen-bond donors (Lipinski definition) is 6. The molecule has 0 spiro atoms. The normalized spacial score (nSPS) is 23.3. The highest BCUT2D eigenvalue weighted by atomic mass is 35.5. The molecule has 7 N–H and O–H groups in total. The largest absolute Gasteiger partial charge is 0.484 e. The van der Waals surface area contributed by atoms with Crippen LogP contribution in [-0.4, -0.2) is 102 Å². The van der Waals surface area contributed by atoms with Crippen molar-refractivity contribution in [3.63, 3.8) is 0 Å². The van der Waals surface area contributed by atoms with E-state index in [1.165, 1.54) is 35.2 Å². The predicted molar refractivity (Wildman–Crippen MR) is 186 cm³/mol. The molecule has 18 heteroatoms. The van der Waals surface area contributed by atoms with E-state index in [4.69, 9.17) is 26.8 Å². The summed E-state index contributed by atoms with van der Waals surface area (Å²) < 4.78 is 13.1. The summed E-state index contributed by atoms with van der Waals surface area (Å²) in [7, 11) is 0. The van der Waals surface area contributed by atoms with Crippen molar-refractivity contribution in [3.8, 4) is 5.75 Å². The van der Waals surface area contributed by atoms with Gasteiger partial charge in [0, 0.05) is 31.3 Å². The molecule has 1 unspecified atom stereocenters. The maximum Gasteiger partial charge on any atom is 0.264 e. The fraction of sp³-hybridized carbons (Fsp3) is 0.343. The lowest BCUT2D eigenvalue weighted by Gasteiger charge is -2.27. The Kier molecular flexibility index (Phi) is 9.84. The first kappa shape index (κ1) is 35.9. The minimum atomic E-state index is -1.48. The van der Waals surface area contributed by atoms with Crippen LogP contribution in [0.4, 0.5) is 11.5 Å². The molecular weight excluding hydrogens is 714 g/mol. The first-order valence-corrected chi connectivity index (χ1v) is 17.1. The number of rotatable bonds is 12. The van der Waals surface area contributed by atoms with Gasteiger partial charge in [0.1, 0.15) is 60.6 Å². The third kappa shape index (κ3) is 6.68. The molecule has 0 saturated carbocycles. The number of amides is 4. The molecule has 5 heterocycles. The van der Waals surface area contributed by atoms with Crippen molar-refractivity contribution in [2.45, 2.75) is 62.4 Å². The Morgan fingerprint density at radius 1 is 1.11 bits per heavy atom. The van der Waals surface area contributed by atoms with E-state index in [9.17, 15) is 39.3 Å². The van der Waals surface area contributed by atoms with Gasteiger partial charge < -0.3 is 40.4 Å². The van der Waals surface area contributed by atoms with E-state index in [2.05, 4.69) is 20.6 Å². The van der Waals surface area contributed by atoms with Gasteiger partial charge in [-0.2, -0.15) is 0 Å². The van der Waals surface area contributed by atoms with Crippen LogP contribution in [0.3, 0.4) is 0 Å². The fourth-order valence-corrected chi connectivity index (χ4v) is 6.95. The fourth-order valence-electron chi connectivity index (χ4n) is 6.78. The zero-order chi connectivity index (χ0) is 37.6. The number of ketones is 1. The van der Waals surface area contributed by atoms with E-state index in [0.29, 0.717) is 23.1 Å². The van der Waals surface area contributed by atoms with E-state index in [1.807, 2.05) is 0 Å². The van der Waals surface area contributed by atoms with Crippen LogP contribution in [0.25, 0.3) is 11.0 Å². The average molecular weight is 748 g/mol. The van der Waals surface area contributed by atoms with Gasteiger partial charge in [-0.25, -0.2) is 9.97 Å². The van der Waals surface area contributed by atoms with Crippen LogP contribution in [0, 0.1) is 0 Å². The van der Waals surface area contributed by atoms with Gasteiger partial charge in [-0.05, 0) is 48.7 Å². The van der Waals surface area contributed by atoms with Gasteiger partial charge in [0.05, 0.1) is 21.5 Å². The number of nitrogens with one attached hydrogen (secondary N) is 2. The number of aliphatic hydroxyl groups excluding tert-OH is 3. The van der Waals surface area contributed by atoms with Crippen molar-refractivity contribution in [1.82, 2.24) is 24.8 Å². The molecule has 2 aromatic heterocycles. The second kappa shape index (κ2) is 14.5. The summed E-state index contributed by atoms with van der Waals surface area (Å²) in [5.41, 5.74) is 7.17. The monoisotopic (exact) mass is 747 g/mol. The molecule has 4 amide bonds. The highest BCUT2D eigenvalue weighted by molar-refractivity contribution is 6.32. The van der Waals surface area contributed by atoms with Crippen LogP contribution < -0.4 is 21.1 Å². The summed E-state index contributed by atoms with van der Waals surface area (Å²) in [6, 6.07) is 9.67. The Morgan fingerprint density at radius 2 is 1.92 bits per heavy atom. The van der Waals surface area contributed by atoms with Gasteiger partial charge in [-0.3, -0.25) is 34.2 Å². The van der Waals surface area contributed by atoms with Crippen molar-refractivity contribution in [2.75, 3.05) is 24.2 Å². The molecule has 4 aromatic rings. The Labute approximate surface area is 305 Å². The molecule has 2 saturated heterocycles. The number of nitrogens with zero attached hydrogens (tertiary/aromatic N) is 4. The number of fused-ring (bicyclic) bond motifs is 2. The molecule has 0 bridgehead atoms. The van der Waals surface area contributed by atoms with Crippen LogP contribution in [-0.2, 0) is 19.1 Å². The highest BCUT2D eigenvalue weighted by Crippen LogP contribution is 2.39. The summed E-state index contributed by atoms with van der Waals surface area (Å²) >= 11 is 6.33. The number of piperidine rings is 1. The predicted octanol–water partition coefficient (Wildman–Crippen LogP) is 1.26. The van der Waals surface area contributed by atoms with Crippen LogP contribution in [0.5, 0.6) is 5.75 Å². The molecular formula is C35H34ClN7O10. The third-order valence-electron chi connectivity index (χ3n) is 9.50. The topological polar surface area (TPSA) is 249 Å². The van der Waals surface area contributed by atoms with Crippen LogP contribution in [0.1, 0.15) is 64.3 Å². The van der Waals surface area contributed by atoms with Gasteiger partial charge in [0.2, 0.25) is 11.8 Å². The average Bonchev–Trinajstić information content (AvgIpc) is 3.78. The van der Waals surface area contributed by atoms with Crippen LogP contribution >= 0.6 is 11.6 Å². The maximum absolute atomic E-state index is 13.3. The number of Topliss-reactive ketones (excluding diaryl/α,β-unsaturated/α-hetero) is 1. The molecule has 17 nitrogen and oxygen atoms in total. The Bertz CT molecular complexity index is 2140. The number of aliphatic hydroxyl groups is 3. The molecule has 53 heavy (non-hydrogen) atoms. The second-order valence-corrected chi connectivity index (χ2v) is 13.3. The number of carbonyl (C=O) groups excluding carboxylic acids is 5. The van der Waals surface area contributed by atoms with Crippen molar-refractivity contribution < 1.29 is 48.8 Å². The molecule has 2 aromatic carbocycles. The number of nitrogens with two attached hydrogens (primary N) is 1. The summed E-state index contributed by atoms with van der Waals surface area (Å²) in [4.78, 5) is 72.1. The molecule has 7 rings (SSSR count). The molecule has 0 aliphatic carbocycles. The van der Waals surface area contributed by atoms with Crippen molar-refractivity contribution in [2.24, 2.45) is 0 Å². The number of ether oxygens (including phenoxy) is 2. The molecule has 3 aliphatic heterocycles. The number of aromatic nitrogens is 3. The number of anilines is 2. The molecule has 6 atom stereocenters. The SMILES string of the molecule is Nc1ncnc2c1ccn2[C@@H]1O[C@H]([C@H](O)c2ccc(Cl)c(OCC(=O)CCCNc3cccc4c3C(=O)N(C3CCC(=O)NC3=O)C4=O)c2)[C@@H](O)[C@H]1O. The van der Waals surface area contributed by atoms with E-state index >= 15 is 0 Å². The first-order chi connectivity index (χ1) is 25.4. The number of nitrogen functional groups attached to an aromatic ring is 1. The lowest BCUT2D eigenvalue weighted by atomic mass is 9.99. The third-order valence-corrected chi connectivity index (χ3v) is 9.81. The van der Waals surface area contributed by atoms with E-state index in [1.54, 1.807) is 24.4 Å². The Balaban J connectivity index is 0.927. The van der Waals surface area contributed by atoms with Gasteiger partial charge in [-0.15, -0.1) is 0 Å². The molecule has 2 fully saturated rings. The van der Waals surface area contributed by atoms with Crippen molar-refractivity contribution in [3.05, 3.63) is 76.7 Å². The Morgan fingerprint density at radius 3 is 2.72 bits per heavy atom. The molecule has 0 radical (unpaired) electrons. The van der Waals surface area contributed by atoms with Crippen molar-refractivity contribution in [1.29, 1.82) is 0 Å². The summed E-state index contributed by atoms with van der Waals surface area (Å²) in [6.45, 7) is -0.0802. The number of carbonyl (C=O) groups is 5. The zero-order valence-corrected chi connectivity index (χ0v) is 28.6. The van der Waals surface area contributed by atoms with Crippen LogP contribution in [0.15, 0.2) is 55.0 Å². The lowest BCUT2D eigenvalue weighted by molar-refractivity contribution is -0.136. The first-order valence-electron chi connectivity index (χ1n) is 16.7. The number of halogens is 1. The Hall–Kier alpha value is -5.46. The number of hydrogen-bond acceptors (Lipinski definition) is 14. The molecule has 276 valence electrons. The summed E-state index contributed by atoms with van der Waals surface area (Å²) in [5, 5.41) is 38.8. The van der Waals surface area contributed by atoms with Crippen LogP contribution in [0.2, 0.25) is 5.02 Å². The quantitative estimate of drug-likeness (QED) is 0.0883. The highest BCUT2D eigenvalue weighted by Gasteiger charge is 2.48. The number of imide groups is 2. The smallest absolute Gasteiger partial charge is 0.264 e. The van der Waals surface area contributed by atoms with Crippen molar-refractivity contribution >= 4 is 63.6 Å². The second-order valence-electron chi connectivity index (χ2n) is 12.9. The maximum atomic E-state index is 13.3. The lowest BCUT2D eigenvalue weighted by Crippen LogP contribution is -2.54.